The third-order valence-corrected chi connectivity index (χ3v) is 2.82. The van der Waals surface area contributed by atoms with Crippen LogP contribution in [0.5, 0.6) is 5.75 Å². The third kappa shape index (κ3) is 2.76. The summed E-state index contributed by atoms with van der Waals surface area (Å²) in [6, 6.07) is 7.27. The van der Waals surface area contributed by atoms with E-state index < -0.39 is 0 Å². The van der Waals surface area contributed by atoms with Crippen LogP contribution >= 0.6 is 0 Å². The van der Waals surface area contributed by atoms with Crippen LogP contribution in [-0.2, 0) is 11.3 Å². The van der Waals surface area contributed by atoms with Crippen molar-refractivity contribution < 1.29 is 9.53 Å². The van der Waals surface area contributed by atoms with Crippen molar-refractivity contribution in [3.8, 4) is 11.8 Å². The first-order valence-corrected chi connectivity index (χ1v) is 5.59. The van der Waals surface area contributed by atoms with E-state index in [9.17, 15) is 4.79 Å². The normalized spacial score (nSPS) is 13.9. The summed E-state index contributed by atoms with van der Waals surface area (Å²) in [6.45, 7) is 0.449. The predicted octanol–water partition coefficient (Wildman–Crippen LogP) is 1.59. The first-order valence-electron chi connectivity index (χ1n) is 5.59. The van der Waals surface area contributed by atoms with Crippen LogP contribution in [0.25, 0.3) is 0 Å². The van der Waals surface area contributed by atoms with Gasteiger partial charge in [-0.1, -0.05) is 6.07 Å². The average Bonchev–Trinajstić information content (AvgIpc) is 3.19. The zero-order valence-corrected chi connectivity index (χ0v) is 9.69. The van der Waals surface area contributed by atoms with Crippen molar-refractivity contribution in [1.82, 2.24) is 5.32 Å². The third-order valence-electron chi connectivity index (χ3n) is 2.82. The van der Waals surface area contributed by atoms with Gasteiger partial charge in [-0.2, -0.15) is 5.26 Å². The molecule has 0 bridgehead atoms. The van der Waals surface area contributed by atoms with Crippen LogP contribution in [0, 0.1) is 17.2 Å². The summed E-state index contributed by atoms with van der Waals surface area (Å²) in [7, 11) is 1.56. The van der Waals surface area contributed by atoms with Crippen molar-refractivity contribution in [3.63, 3.8) is 0 Å². The molecule has 0 aliphatic heterocycles. The Morgan fingerprint density at radius 1 is 1.59 bits per heavy atom. The van der Waals surface area contributed by atoms with E-state index in [0.29, 0.717) is 17.9 Å². The molecule has 2 rings (SSSR count). The molecule has 1 N–H and O–H groups in total. The lowest BCUT2D eigenvalue weighted by atomic mass is 10.1. The van der Waals surface area contributed by atoms with Crippen molar-refractivity contribution in [3.05, 3.63) is 29.3 Å². The van der Waals surface area contributed by atoms with Crippen molar-refractivity contribution in [2.45, 2.75) is 19.4 Å². The lowest BCUT2D eigenvalue weighted by Gasteiger charge is -2.09. The molecule has 0 radical (unpaired) electrons. The molecule has 1 aromatic carbocycles. The Balaban J connectivity index is 2.04. The summed E-state index contributed by atoms with van der Waals surface area (Å²) in [5, 5.41) is 11.6. The Hall–Kier alpha value is -2.02. The summed E-state index contributed by atoms with van der Waals surface area (Å²) in [5.41, 5.74) is 1.44. The van der Waals surface area contributed by atoms with Gasteiger partial charge in [-0.3, -0.25) is 4.79 Å². The molecule has 1 aliphatic rings. The second kappa shape index (κ2) is 4.88. The molecule has 0 aromatic heterocycles. The lowest BCUT2D eigenvalue weighted by molar-refractivity contribution is -0.122. The van der Waals surface area contributed by atoms with Crippen LogP contribution in [-0.4, -0.2) is 13.0 Å². The Kier molecular flexibility index (Phi) is 3.29. The van der Waals surface area contributed by atoms with Gasteiger partial charge < -0.3 is 10.1 Å². The quantitative estimate of drug-likeness (QED) is 0.854. The number of methoxy groups -OCH3 is 1. The molecule has 0 saturated heterocycles. The summed E-state index contributed by atoms with van der Waals surface area (Å²) >= 11 is 0. The van der Waals surface area contributed by atoms with Gasteiger partial charge in [-0.05, 0) is 25.0 Å². The number of carbonyl (C=O) groups is 1. The molecule has 4 nitrogen and oxygen atoms in total. The highest BCUT2D eigenvalue weighted by Crippen LogP contribution is 2.29. The zero-order valence-electron chi connectivity index (χ0n) is 9.69. The summed E-state index contributed by atoms with van der Waals surface area (Å²) in [4.78, 5) is 11.5. The maximum Gasteiger partial charge on any atom is 0.223 e. The molecule has 0 heterocycles. The highest BCUT2D eigenvalue weighted by atomic mass is 16.5. The van der Waals surface area contributed by atoms with Crippen molar-refractivity contribution in [2.75, 3.05) is 7.11 Å². The molecule has 1 saturated carbocycles. The molecule has 4 heteroatoms. The van der Waals surface area contributed by atoms with Crippen molar-refractivity contribution in [2.24, 2.45) is 5.92 Å². The molecule has 17 heavy (non-hydrogen) atoms. The molecular formula is C13H14N2O2. The number of ether oxygens (including phenoxy) is 1. The minimum absolute atomic E-state index is 0.108. The first kappa shape index (κ1) is 11.5. The van der Waals surface area contributed by atoms with E-state index in [1.165, 1.54) is 0 Å². The van der Waals surface area contributed by atoms with E-state index in [1.807, 2.05) is 6.07 Å². The molecule has 0 atom stereocenters. The predicted molar refractivity (Wildman–Crippen MR) is 62.3 cm³/mol. The van der Waals surface area contributed by atoms with Crippen LogP contribution in [0.2, 0.25) is 0 Å². The maximum atomic E-state index is 11.5. The van der Waals surface area contributed by atoms with Gasteiger partial charge in [0.2, 0.25) is 5.91 Å². The molecular weight excluding hydrogens is 216 g/mol. The van der Waals surface area contributed by atoms with Crippen LogP contribution in [0.1, 0.15) is 24.0 Å². The smallest absolute Gasteiger partial charge is 0.223 e. The average molecular weight is 230 g/mol. The van der Waals surface area contributed by atoms with Gasteiger partial charge in [0.1, 0.15) is 5.75 Å². The molecule has 1 aromatic rings. The first-order chi connectivity index (χ1) is 8.24. The number of nitriles is 1. The number of hydrogen-bond donors (Lipinski definition) is 1. The van der Waals surface area contributed by atoms with E-state index in [4.69, 9.17) is 10.00 Å². The second-order valence-corrected chi connectivity index (χ2v) is 4.13. The highest BCUT2D eigenvalue weighted by Gasteiger charge is 2.29. The summed E-state index contributed by atoms with van der Waals surface area (Å²) in [6.07, 6.45) is 1.99. The second-order valence-electron chi connectivity index (χ2n) is 4.13. The number of benzene rings is 1. The van der Waals surface area contributed by atoms with Gasteiger partial charge in [0.05, 0.1) is 18.7 Å². The summed E-state index contributed by atoms with van der Waals surface area (Å²) in [5.74, 6) is 0.955. The largest absolute Gasteiger partial charge is 0.496 e. The highest BCUT2D eigenvalue weighted by molar-refractivity contribution is 5.80. The van der Waals surface area contributed by atoms with Crippen LogP contribution < -0.4 is 10.1 Å². The monoisotopic (exact) mass is 230 g/mol. The number of amides is 1. The minimum Gasteiger partial charge on any atom is -0.496 e. The van der Waals surface area contributed by atoms with Gasteiger partial charge in [0.15, 0.2) is 0 Å². The van der Waals surface area contributed by atoms with Gasteiger partial charge in [-0.25, -0.2) is 0 Å². The molecule has 88 valence electrons. The molecule has 1 fully saturated rings. The molecule has 0 unspecified atom stereocenters. The topological polar surface area (TPSA) is 62.1 Å². The SMILES string of the molecule is COc1cc(C#N)ccc1CNC(=O)C1CC1. The van der Waals surface area contributed by atoms with E-state index in [2.05, 4.69) is 11.4 Å². The standard InChI is InChI=1S/C13H14N2O2/c1-17-12-6-9(7-14)2-3-11(12)8-15-13(16)10-4-5-10/h2-3,6,10H,4-5,8H2,1H3,(H,15,16). The van der Waals surface area contributed by atoms with Crippen molar-refractivity contribution in [1.29, 1.82) is 5.26 Å². The minimum atomic E-state index is 0.108. The van der Waals surface area contributed by atoms with E-state index in [-0.39, 0.29) is 11.8 Å². The van der Waals surface area contributed by atoms with Gasteiger partial charge in [0, 0.05) is 18.0 Å². The molecule has 1 aliphatic carbocycles. The van der Waals surface area contributed by atoms with E-state index in [1.54, 1.807) is 19.2 Å². The van der Waals surface area contributed by atoms with Crippen LogP contribution in [0.15, 0.2) is 18.2 Å². The maximum absolute atomic E-state index is 11.5. The number of hydrogen-bond acceptors (Lipinski definition) is 3. The van der Waals surface area contributed by atoms with Crippen molar-refractivity contribution >= 4 is 5.91 Å². The van der Waals surface area contributed by atoms with E-state index in [0.717, 1.165) is 18.4 Å². The Labute approximate surface area is 100 Å². The summed E-state index contributed by atoms with van der Waals surface area (Å²) < 4.78 is 5.19. The fourth-order valence-corrected chi connectivity index (χ4v) is 1.63. The Bertz CT molecular complexity index is 473. The van der Waals surface area contributed by atoms with Gasteiger partial charge in [0.25, 0.3) is 0 Å². The molecule has 1 amide bonds. The number of rotatable bonds is 4. The number of carbonyl (C=O) groups excluding carboxylic acids is 1. The van der Waals surface area contributed by atoms with Gasteiger partial charge >= 0.3 is 0 Å². The zero-order chi connectivity index (χ0) is 12.3. The fourth-order valence-electron chi connectivity index (χ4n) is 1.63. The Morgan fingerprint density at radius 3 is 2.94 bits per heavy atom. The van der Waals surface area contributed by atoms with Crippen LogP contribution in [0.4, 0.5) is 0 Å². The lowest BCUT2D eigenvalue weighted by Crippen LogP contribution is -2.24. The number of nitrogens with one attached hydrogen (secondary N) is 1. The molecule has 0 spiro atoms. The van der Waals surface area contributed by atoms with Gasteiger partial charge in [-0.15, -0.1) is 0 Å². The van der Waals surface area contributed by atoms with Crippen LogP contribution in [0.3, 0.4) is 0 Å². The Morgan fingerprint density at radius 2 is 2.35 bits per heavy atom. The van der Waals surface area contributed by atoms with E-state index >= 15 is 0 Å². The fraction of sp³-hybridized carbons (Fsp3) is 0.385. The number of nitrogens with zero attached hydrogens (tertiary/aromatic N) is 1.